The Morgan fingerprint density at radius 3 is 1.88 bits per heavy atom. The van der Waals surface area contributed by atoms with E-state index in [-0.39, 0.29) is 5.41 Å². The Kier molecular flexibility index (Phi) is 7.47. The van der Waals surface area contributed by atoms with Gasteiger partial charge in [-0.05, 0) is 54.6 Å². The van der Waals surface area contributed by atoms with Gasteiger partial charge in [-0.25, -0.2) is 0 Å². The summed E-state index contributed by atoms with van der Waals surface area (Å²) in [4.78, 5) is 4.63. The Balaban J connectivity index is 1.57. The van der Waals surface area contributed by atoms with Crippen molar-refractivity contribution in [3.05, 3.63) is 119 Å². The lowest BCUT2D eigenvalue weighted by Crippen LogP contribution is -2.45. The fourth-order valence-electron chi connectivity index (χ4n) is 5.28. The van der Waals surface area contributed by atoms with Gasteiger partial charge in [0.2, 0.25) is 0 Å². The van der Waals surface area contributed by atoms with Crippen molar-refractivity contribution in [1.82, 2.24) is 9.80 Å². The van der Waals surface area contributed by atoms with Gasteiger partial charge in [-0.15, -0.1) is 0 Å². The zero-order chi connectivity index (χ0) is 24.2. The normalized spacial score (nSPS) is 16.2. The van der Waals surface area contributed by atoms with E-state index in [1.807, 2.05) is 24.3 Å². The Morgan fingerprint density at radius 2 is 1.41 bits per heavy atom. The van der Waals surface area contributed by atoms with Gasteiger partial charge in [-0.3, -0.25) is 0 Å². The maximum absolute atomic E-state index is 11.3. The van der Waals surface area contributed by atoms with Crippen LogP contribution >= 0.6 is 11.6 Å². The molecular weight excluding hydrogens is 440 g/mol. The van der Waals surface area contributed by atoms with Gasteiger partial charge in [0.1, 0.15) is 0 Å². The molecule has 34 heavy (non-hydrogen) atoms. The number of benzene rings is 3. The number of likely N-dealkylation sites (tertiary alicyclic amines) is 1. The van der Waals surface area contributed by atoms with Gasteiger partial charge >= 0.3 is 0 Å². The van der Waals surface area contributed by atoms with Gasteiger partial charge in [0.15, 0.2) is 0 Å². The van der Waals surface area contributed by atoms with E-state index in [1.165, 1.54) is 11.1 Å². The molecule has 4 heteroatoms. The Hall–Kier alpha value is -2.59. The monoisotopic (exact) mass is 474 g/mol. The van der Waals surface area contributed by atoms with Gasteiger partial charge in [-0.2, -0.15) is 0 Å². The number of allylic oxidation sites excluding steroid dienone is 1. The predicted molar refractivity (Wildman–Crippen MR) is 142 cm³/mol. The first-order valence-corrected chi connectivity index (χ1v) is 12.4. The number of nitrogens with zero attached hydrogens (tertiary/aromatic N) is 2. The van der Waals surface area contributed by atoms with Crippen LogP contribution in [0.1, 0.15) is 36.0 Å². The Morgan fingerprint density at radius 1 is 0.912 bits per heavy atom. The first-order chi connectivity index (χ1) is 16.3. The van der Waals surface area contributed by atoms with E-state index >= 15 is 0 Å². The topological polar surface area (TPSA) is 26.7 Å². The molecule has 3 aromatic rings. The highest BCUT2D eigenvalue weighted by Crippen LogP contribution is 2.43. The van der Waals surface area contributed by atoms with E-state index in [0.717, 1.165) is 37.3 Å². The third-order valence-corrected chi connectivity index (χ3v) is 7.69. The molecule has 0 radical (unpaired) electrons. The third kappa shape index (κ3) is 4.93. The van der Waals surface area contributed by atoms with Gasteiger partial charge < -0.3 is 14.9 Å². The summed E-state index contributed by atoms with van der Waals surface area (Å²) in [7, 11) is 4.16. The van der Waals surface area contributed by atoms with E-state index in [9.17, 15) is 5.11 Å². The number of likely N-dealkylation sites (N-methyl/N-ethyl adjacent to an activating group) is 1. The first kappa shape index (κ1) is 24.5. The molecule has 0 unspecified atom stereocenters. The molecule has 1 N–H and O–H groups in total. The van der Waals surface area contributed by atoms with Crippen molar-refractivity contribution in [3.8, 4) is 0 Å². The van der Waals surface area contributed by atoms with Crippen LogP contribution < -0.4 is 0 Å². The van der Waals surface area contributed by atoms with Crippen LogP contribution in [-0.2, 0) is 11.0 Å². The molecule has 4 rings (SSSR count). The molecule has 0 amide bonds. The second-order valence-corrected chi connectivity index (χ2v) is 10.0. The average Bonchev–Trinajstić information content (AvgIpc) is 2.87. The molecule has 1 aliphatic heterocycles. The molecule has 3 nitrogen and oxygen atoms in total. The maximum atomic E-state index is 11.3. The lowest BCUT2D eigenvalue weighted by molar-refractivity contribution is -0.0267. The third-order valence-electron chi connectivity index (χ3n) is 7.43. The van der Waals surface area contributed by atoms with Crippen LogP contribution in [0.4, 0.5) is 0 Å². The number of piperidine rings is 1. The summed E-state index contributed by atoms with van der Waals surface area (Å²) in [5.74, 6) is 0. The lowest BCUT2D eigenvalue weighted by atomic mass is 9.69. The average molecular weight is 475 g/mol. The van der Waals surface area contributed by atoms with Crippen LogP contribution in [0.2, 0.25) is 5.02 Å². The van der Waals surface area contributed by atoms with E-state index in [4.69, 9.17) is 11.6 Å². The minimum absolute atomic E-state index is 0.323. The fraction of sp³-hybridized carbons (Fsp3) is 0.333. The quantitative estimate of drug-likeness (QED) is 0.429. The fourth-order valence-corrected chi connectivity index (χ4v) is 5.41. The highest BCUT2D eigenvalue weighted by Gasteiger charge is 2.40. The van der Waals surface area contributed by atoms with Crippen LogP contribution in [0.15, 0.2) is 97.2 Å². The van der Waals surface area contributed by atoms with Crippen molar-refractivity contribution in [2.75, 3.05) is 33.7 Å². The number of halogens is 1. The predicted octanol–water partition coefficient (Wildman–Crippen LogP) is 6.08. The minimum atomic E-state index is -0.787. The summed E-state index contributed by atoms with van der Waals surface area (Å²) in [6.07, 6.45) is 2.34. The molecule has 1 aliphatic rings. The van der Waals surface area contributed by atoms with Crippen molar-refractivity contribution >= 4 is 11.6 Å². The van der Waals surface area contributed by atoms with Crippen molar-refractivity contribution in [2.45, 2.75) is 30.3 Å². The summed E-state index contributed by atoms with van der Waals surface area (Å²) in [6, 6.07) is 29.1. The smallest absolute Gasteiger partial charge is 0.0920 e. The van der Waals surface area contributed by atoms with Gasteiger partial charge in [0.05, 0.1) is 11.0 Å². The summed E-state index contributed by atoms with van der Waals surface area (Å²) >= 11 is 6.05. The molecular formula is C30H35ClN2O. The molecule has 0 aromatic heterocycles. The van der Waals surface area contributed by atoms with Crippen molar-refractivity contribution in [3.63, 3.8) is 0 Å². The maximum Gasteiger partial charge on any atom is 0.0920 e. The Labute approximate surface area is 209 Å². The van der Waals surface area contributed by atoms with Crippen molar-refractivity contribution in [2.24, 2.45) is 0 Å². The second-order valence-electron chi connectivity index (χ2n) is 9.61. The molecule has 0 bridgehead atoms. The number of hydrogen-bond donors (Lipinski definition) is 1. The van der Waals surface area contributed by atoms with Crippen LogP contribution in [0.25, 0.3) is 0 Å². The highest BCUT2D eigenvalue weighted by atomic mass is 35.5. The summed E-state index contributed by atoms with van der Waals surface area (Å²) in [6.45, 7) is 7.20. The molecule has 0 saturated carbocycles. The molecule has 1 fully saturated rings. The highest BCUT2D eigenvalue weighted by molar-refractivity contribution is 6.30. The molecule has 0 aliphatic carbocycles. The molecule has 1 heterocycles. The zero-order valence-electron chi connectivity index (χ0n) is 20.3. The summed E-state index contributed by atoms with van der Waals surface area (Å²) < 4.78 is 0. The molecule has 1 saturated heterocycles. The number of aliphatic hydroxyl groups is 1. The van der Waals surface area contributed by atoms with Gasteiger partial charge in [0, 0.05) is 37.9 Å². The Bertz CT molecular complexity index is 1030. The van der Waals surface area contributed by atoms with Crippen LogP contribution in [0.5, 0.6) is 0 Å². The summed E-state index contributed by atoms with van der Waals surface area (Å²) in [5.41, 5.74) is 3.45. The van der Waals surface area contributed by atoms with Crippen molar-refractivity contribution in [1.29, 1.82) is 0 Å². The lowest BCUT2D eigenvalue weighted by Gasteiger charge is -2.43. The standard InChI is InChI=1S/C30H35ClN2O/c1-24(32(2)3)30(26-10-6-4-7-11-26,27-12-8-5-9-13-27)20-23-33-21-18-29(34,19-22-33)25-14-16-28(31)17-15-25/h4-17,34H,1,18-23H2,2-3H3. The number of hydrogen-bond acceptors (Lipinski definition) is 3. The van der Waals surface area contributed by atoms with E-state index in [1.54, 1.807) is 0 Å². The van der Waals surface area contributed by atoms with E-state index < -0.39 is 5.60 Å². The molecule has 3 aromatic carbocycles. The van der Waals surface area contributed by atoms with Gasteiger partial charge in [0.25, 0.3) is 0 Å². The second kappa shape index (κ2) is 10.4. The van der Waals surface area contributed by atoms with Crippen LogP contribution in [0, 0.1) is 0 Å². The van der Waals surface area contributed by atoms with E-state index in [2.05, 4.69) is 91.1 Å². The molecule has 0 spiro atoms. The number of rotatable bonds is 8. The van der Waals surface area contributed by atoms with E-state index in [0.29, 0.717) is 17.9 Å². The summed E-state index contributed by atoms with van der Waals surface area (Å²) in [5, 5.41) is 12.0. The largest absolute Gasteiger partial charge is 0.385 e. The zero-order valence-corrected chi connectivity index (χ0v) is 21.0. The van der Waals surface area contributed by atoms with Crippen LogP contribution in [0.3, 0.4) is 0 Å². The van der Waals surface area contributed by atoms with Crippen molar-refractivity contribution < 1.29 is 5.11 Å². The van der Waals surface area contributed by atoms with Gasteiger partial charge in [-0.1, -0.05) is 91.0 Å². The van der Waals surface area contributed by atoms with Crippen LogP contribution in [-0.4, -0.2) is 48.6 Å². The SMILES string of the molecule is C=C(N(C)C)C(CCN1CCC(O)(c2ccc(Cl)cc2)CC1)(c1ccccc1)c1ccccc1. The molecule has 178 valence electrons. The minimum Gasteiger partial charge on any atom is -0.385 e. The molecule has 0 atom stereocenters. The first-order valence-electron chi connectivity index (χ1n) is 12.0.